The van der Waals surface area contributed by atoms with Gasteiger partial charge in [0, 0.05) is 19.0 Å². The highest BCUT2D eigenvalue weighted by Gasteiger charge is 2.28. The molecular formula is C24H28N4O. The molecule has 4 rings (SSSR count). The lowest BCUT2D eigenvalue weighted by Gasteiger charge is -2.32. The number of aryl methyl sites for hydroxylation is 3. The third-order valence-electron chi connectivity index (χ3n) is 5.75. The van der Waals surface area contributed by atoms with E-state index in [0.29, 0.717) is 5.82 Å². The minimum atomic E-state index is -0.0505. The van der Waals surface area contributed by atoms with Gasteiger partial charge in [-0.2, -0.15) is 0 Å². The van der Waals surface area contributed by atoms with Crippen LogP contribution in [0.5, 0.6) is 0 Å². The summed E-state index contributed by atoms with van der Waals surface area (Å²) < 4.78 is 1.86. The predicted octanol–water partition coefficient (Wildman–Crippen LogP) is 4.38. The molecule has 29 heavy (non-hydrogen) atoms. The molecule has 1 fully saturated rings. The Morgan fingerprint density at radius 3 is 2.55 bits per heavy atom. The van der Waals surface area contributed by atoms with Crippen LogP contribution >= 0.6 is 0 Å². The van der Waals surface area contributed by atoms with Gasteiger partial charge in [-0.25, -0.2) is 9.67 Å². The molecule has 1 aliphatic heterocycles. The van der Waals surface area contributed by atoms with Crippen LogP contribution in [0, 0.1) is 6.92 Å². The molecule has 1 unspecified atom stereocenters. The summed E-state index contributed by atoms with van der Waals surface area (Å²) >= 11 is 0. The number of carbonyl (C=O) groups excluding carboxylic acids is 1. The lowest BCUT2D eigenvalue weighted by Crippen LogP contribution is -2.42. The first-order chi connectivity index (χ1) is 14.1. The fourth-order valence-corrected chi connectivity index (χ4v) is 4.02. The number of piperidine rings is 1. The van der Waals surface area contributed by atoms with E-state index in [1.807, 2.05) is 46.0 Å². The fraction of sp³-hybridized carbons (Fsp3) is 0.375. The van der Waals surface area contributed by atoms with Crippen molar-refractivity contribution in [2.45, 2.75) is 52.0 Å². The van der Waals surface area contributed by atoms with E-state index in [9.17, 15) is 4.79 Å². The lowest BCUT2D eigenvalue weighted by molar-refractivity contribution is 0.0623. The highest BCUT2D eigenvalue weighted by Crippen LogP contribution is 2.21. The average Bonchev–Trinajstić information content (AvgIpc) is 3.17. The van der Waals surface area contributed by atoms with Crippen LogP contribution in [0.15, 0.2) is 54.6 Å². The van der Waals surface area contributed by atoms with Gasteiger partial charge in [0.15, 0.2) is 0 Å². The molecule has 2 aromatic carbocycles. The maximum absolute atomic E-state index is 13.2. The lowest BCUT2D eigenvalue weighted by atomic mass is 10.0. The Hall–Kier alpha value is -2.95. The Kier molecular flexibility index (Phi) is 5.74. The van der Waals surface area contributed by atoms with Crippen LogP contribution in [0.25, 0.3) is 5.69 Å². The van der Waals surface area contributed by atoms with E-state index in [4.69, 9.17) is 4.98 Å². The molecule has 0 N–H and O–H groups in total. The molecule has 0 aliphatic carbocycles. The van der Waals surface area contributed by atoms with Gasteiger partial charge in [-0.3, -0.25) is 4.79 Å². The summed E-state index contributed by atoms with van der Waals surface area (Å²) in [5.41, 5.74) is 3.35. The van der Waals surface area contributed by atoms with E-state index in [-0.39, 0.29) is 11.9 Å². The summed E-state index contributed by atoms with van der Waals surface area (Å²) in [6.45, 7) is 4.97. The maximum atomic E-state index is 13.2. The van der Waals surface area contributed by atoms with Gasteiger partial charge in [0.05, 0.1) is 5.69 Å². The number of hydrogen-bond donors (Lipinski definition) is 0. The van der Waals surface area contributed by atoms with Crippen molar-refractivity contribution in [1.29, 1.82) is 0 Å². The van der Waals surface area contributed by atoms with Gasteiger partial charge in [0.1, 0.15) is 5.82 Å². The number of hydrogen-bond acceptors (Lipinski definition) is 3. The molecule has 1 amide bonds. The van der Waals surface area contributed by atoms with Gasteiger partial charge in [-0.15, -0.1) is 5.10 Å². The first-order valence-electron chi connectivity index (χ1n) is 10.5. The Labute approximate surface area is 172 Å². The Morgan fingerprint density at radius 1 is 1.03 bits per heavy atom. The van der Waals surface area contributed by atoms with Crippen LogP contribution in [0.2, 0.25) is 0 Å². The predicted molar refractivity (Wildman–Crippen MR) is 114 cm³/mol. The summed E-state index contributed by atoms with van der Waals surface area (Å²) in [4.78, 5) is 19.8. The number of aromatic nitrogens is 3. The maximum Gasteiger partial charge on any atom is 0.293 e. The Bertz CT molecular complexity index is 980. The van der Waals surface area contributed by atoms with Crippen LogP contribution in [-0.2, 0) is 12.8 Å². The number of nitrogens with zero attached hydrogens (tertiary/aromatic N) is 4. The van der Waals surface area contributed by atoms with Gasteiger partial charge >= 0.3 is 0 Å². The topological polar surface area (TPSA) is 51.0 Å². The Balaban J connectivity index is 1.66. The number of likely N-dealkylation sites (tertiary alicyclic amines) is 1. The Morgan fingerprint density at radius 2 is 1.79 bits per heavy atom. The molecule has 1 saturated heterocycles. The minimum Gasteiger partial charge on any atom is -0.333 e. The molecule has 5 heteroatoms. The molecule has 5 nitrogen and oxygen atoms in total. The third-order valence-corrected chi connectivity index (χ3v) is 5.75. The summed E-state index contributed by atoms with van der Waals surface area (Å²) in [5, 5.41) is 4.68. The monoisotopic (exact) mass is 388 g/mol. The highest BCUT2D eigenvalue weighted by molar-refractivity contribution is 5.90. The smallest absolute Gasteiger partial charge is 0.293 e. The van der Waals surface area contributed by atoms with Crippen LogP contribution in [0.1, 0.15) is 53.8 Å². The van der Waals surface area contributed by atoms with Crippen molar-refractivity contribution in [3.8, 4) is 5.69 Å². The van der Waals surface area contributed by atoms with Gasteiger partial charge in [-0.05, 0) is 56.7 Å². The summed E-state index contributed by atoms with van der Waals surface area (Å²) in [5.74, 6) is 1.09. The largest absolute Gasteiger partial charge is 0.333 e. The summed E-state index contributed by atoms with van der Waals surface area (Å²) in [6, 6.07) is 18.7. The normalized spacial score (nSPS) is 16.8. The molecule has 150 valence electrons. The molecule has 1 aliphatic rings. The second-order valence-corrected chi connectivity index (χ2v) is 7.88. The van der Waals surface area contributed by atoms with E-state index in [1.165, 1.54) is 12.0 Å². The van der Waals surface area contributed by atoms with E-state index in [1.54, 1.807) is 0 Å². The number of rotatable bonds is 5. The number of benzene rings is 2. The van der Waals surface area contributed by atoms with E-state index in [0.717, 1.165) is 49.3 Å². The quantitative estimate of drug-likeness (QED) is 0.652. The van der Waals surface area contributed by atoms with Crippen molar-refractivity contribution < 1.29 is 4.79 Å². The SMILES string of the molecule is Cc1ccccc1-n1nc(C(=O)N2CCCCC2C)nc1CCc1ccccc1. The zero-order valence-corrected chi connectivity index (χ0v) is 17.2. The van der Waals surface area contributed by atoms with Crippen LogP contribution in [-0.4, -0.2) is 38.2 Å². The zero-order valence-electron chi connectivity index (χ0n) is 17.2. The zero-order chi connectivity index (χ0) is 20.2. The van der Waals surface area contributed by atoms with Crippen molar-refractivity contribution in [2.75, 3.05) is 6.54 Å². The van der Waals surface area contributed by atoms with Gasteiger partial charge in [0.2, 0.25) is 5.82 Å². The van der Waals surface area contributed by atoms with Crippen molar-refractivity contribution in [2.24, 2.45) is 0 Å². The molecule has 1 aromatic heterocycles. The third kappa shape index (κ3) is 4.24. The van der Waals surface area contributed by atoms with Crippen molar-refractivity contribution in [3.63, 3.8) is 0 Å². The first-order valence-corrected chi connectivity index (χ1v) is 10.5. The minimum absolute atomic E-state index is 0.0505. The van der Waals surface area contributed by atoms with Gasteiger partial charge in [-0.1, -0.05) is 48.5 Å². The standard InChI is InChI=1S/C24H28N4O/c1-18-10-6-7-14-21(18)28-22(16-15-20-12-4-3-5-13-20)25-23(26-28)24(29)27-17-9-8-11-19(27)2/h3-7,10,12-14,19H,8-9,11,15-17H2,1-2H3. The summed E-state index contributed by atoms with van der Waals surface area (Å²) in [7, 11) is 0. The second kappa shape index (κ2) is 8.60. The molecule has 0 bridgehead atoms. The number of para-hydroxylation sites is 1. The second-order valence-electron chi connectivity index (χ2n) is 7.88. The number of amides is 1. The van der Waals surface area contributed by atoms with Crippen LogP contribution in [0.3, 0.4) is 0 Å². The molecule has 0 saturated carbocycles. The van der Waals surface area contributed by atoms with Gasteiger partial charge < -0.3 is 4.90 Å². The van der Waals surface area contributed by atoms with Crippen molar-refractivity contribution >= 4 is 5.91 Å². The van der Waals surface area contributed by atoms with Crippen molar-refractivity contribution in [1.82, 2.24) is 19.7 Å². The number of carbonyl (C=O) groups is 1. The molecule has 2 heterocycles. The van der Waals surface area contributed by atoms with Crippen LogP contribution < -0.4 is 0 Å². The fourth-order valence-electron chi connectivity index (χ4n) is 4.02. The van der Waals surface area contributed by atoms with Gasteiger partial charge in [0.25, 0.3) is 5.91 Å². The van der Waals surface area contributed by atoms with E-state index >= 15 is 0 Å². The van der Waals surface area contributed by atoms with E-state index < -0.39 is 0 Å². The average molecular weight is 389 g/mol. The first kappa shape index (κ1) is 19.4. The molecule has 0 radical (unpaired) electrons. The molecule has 3 aromatic rings. The molecule has 1 atom stereocenters. The molecule has 0 spiro atoms. The highest BCUT2D eigenvalue weighted by atomic mass is 16.2. The van der Waals surface area contributed by atoms with E-state index in [2.05, 4.69) is 37.1 Å². The van der Waals surface area contributed by atoms with Crippen molar-refractivity contribution in [3.05, 3.63) is 77.4 Å². The molecular weight excluding hydrogens is 360 g/mol. The van der Waals surface area contributed by atoms with Crippen LogP contribution in [0.4, 0.5) is 0 Å². The summed E-state index contributed by atoms with van der Waals surface area (Å²) in [6.07, 6.45) is 4.87.